The number of rotatable bonds is 3. The van der Waals surface area contributed by atoms with E-state index >= 15 is 0 Å². The molecule has 0 radical (unpaired) electrons. The summed E-state index contributed by atoms with van der Waals surface area (Å²) in [5.74, 6) is -0.946. The van der Waals surface area contributed by atoms with Crippen LogP contribution in [0.15, 0.2) is 27.7 Å². The molecule has 0 saturated heterocycles. The van der Waals surface area contributed by atoms with Crippen LogP contribution in [0.3, 0.4) is 0 Å². The van der Waals surface area contributed by atoms with E-state index in [9.17, 15) is 9.59 Å². The summed E-state index contributed by atoms with van der Waals surface area (Å²) in [6.45, 7) is 0. The second-order valence-corrected chi connectivity index (χ2v) is 5.02. The van der Waals surface area contributed by atoms with Gasteiger partial charge in [-0.2, -0.15) is 0 Å². The Labute approximate surface area is 120 Å². The lowest BCUT2D eigenvalue weighted by Crippen LogP contribution is -2.01. The molecule has 2 aromatic heterocycles. The molecule has 20 heavy (non-hydrogen) atoms. The van der Waals surface area contributed by atoms with Crippen LogP contribution in [-0.4, -0.2) is 31.0 Å². The molecule has 2 heterocycles. The smallest absolute Gasteiger partial charge is 0.323 e. The zero-order valence-corrected chi connectivity index (χ0v) is 11.6. The molecule has 1 aromatic carbocycles. The molecule has 0 bridgehead atoms. The van der Waals surface area contributed by atoms with Crippen molar-refractivity contribution in [1.29, 1.82) is 0 Å². The highest BCUT2D eigenvalue weighted by atomic mass is 79.9. The fraction of sp³-hybridized carbons (Fsp3) is 0.0833. The number of fused-ring (bicyclic) bond motifs is 1. The second kappa shape index (κ2) is 4.64. The monoisotopic (exact) mass is 336 g/mol. The third-order valence-corrected chi connectivity index (χ3v) is 3.24. The molecule has 0 spiro atoms. The Morgan fingerprint density at radius 1 is 1.25 bits per heavy atom. The lowest BCUT2D eigenvalue weighted by Gasteiger charge is -2.00. The van der Waals surface area contributed by atoms with Crippen molar-refractivity contribution in [3.05, 3.63) is 39.1 Å². The van der Waals surface area contributed by atoms with Crippen molar-refractivity contribution < 1.29 is 9.90 Å². The number of aromatic nitrogens is 4. The zero-order valence-electron chi connectivity index (χ0n) is 10.0. The summed E-state index contributed by atoms with van der Waals surface area (Å²) in [6.07, 6.45) is -0.157. The number of benzene rings is 1. The molecule has 0 fully saturated rings. The van der Waals surface area contributed by atoms with Gasteiger partial charge in [0.15, 0.2) is 4.73 Å². The molecule has 0 amide bonds. The van der Waals surface area contributed by atoms with Gasteiger partial charge in [0, 0.05) is 5.56 Å². The summed E-state index contributed by atoms with van der Waals surface area (Å²) in [6, 6.07) is 5.27. The van der Waals surface area contributed by atoms with Crippen molar-refractivity contribution in [2.75, 3.05) is 0 Å². The topological polar surface area (TPSA) is 115 Å². The van der Waals surface area contributed by atoms with E-state index in [1.807, 2.05) is 0 Å². The van der Waals surface area contributed by atoms with E-state index < -0.39 is 5.97 Å². The first-order valence-electron chi connectivity index (χ1n) is 5.71. The third kappa shape index (κ3) is 2.25. The van der Waals surface area contributed by atoms with Crippen LogP contribution < -0.4 is 5.69 Å². The molecule has 0 aliphatic rings. The number of aliphatic carboxylic acids is 1. The van der Waals surface area contributed by atoms with Gasteiger partial charge in [0.1, 0.15) is 0 Å². The van der Waals surface area contributed by atoms with E-state index in [1.54, 1.807) is 18.2 Å². The molecule has 0 atom stereocenters. The highest BCUT2D eigenvalue weighted by Gasteiger charge is 2.14. The molecule has 0 aliphatic carbocycles. The Hall–Kier alpha value is -2.35. The molecule has 3 rings (SSSR count). The number of hydrogen-bond acceptors (Lipinski definition) is 3. The second-order valence-electron chi connectivity index (χ2n) is 4.26. The van der Waals surface area contributed by atoms with Crippen LogP contribution >= 0.6 is 15.9 Å². The number of aromatic amines is 3. The van der Waals surface area contributed by atoms with Crippen LogP contribution in [0.5, 0.6) is 0 Å². The predicted molar refractivity (Wildman–Crippen MR) is 75.5 cm³/mol. The van der Waals surface area contributed by atoms with Crippen LogP contribution in [-0.2, 0) is 11.2 Å². The van der Waals surface area contributed by atoms with Gasteiger partial charge in [-0.3, -0.25) is 4.79 Å². The molecule has 0 aliphatic heterocycles. The number of H-pyrrole nitrogens is 3. The summed E-state index contributed by atoms with van der Waals surface area (Å²) in [4.78, 5) is 34.5. The summed E-state index contributed by atoms with van der Waals surface area (Å²) >= 11 is 3.20. The average molecular weight is 337 g/mol. The molecule has 3 aromatic rings. The quantitative estimate of drug-likeness (QED) is 0.581. The summed E-state index contributed by atoms with van der Waals surface area (Å²) in [5, 5.41) is 8.91. The van der Waals surface area contributed by atoms with Gasteiger partial charge < -0.3 is 20.1 Å². The zero-order chi connectivity index (χ0) is 14.3. The van der Waals surface area contributed by atoms with Crippen molar-refractivity contribution in [3.63, 3.8) is 0 Å². The molecule has 0 unspecified atom stereocenters. The SMILES string of the molecule is O=C(O)Cc1[nH]c(Br)nc1-c1ccc2[nH]c(=O)[nH]c2c1. The number of halogens is 1. The molecular weight excluding hydrogens is 328 g/mol. The number of imidazole rings is 2. The Balaban J connectivity index is 2.14. The minimum atomic E-state index is -0.946. The van der Waals surface area contributed by atoms with E-state index in [4.69, 9.17) is 5.11 Å². The summed E-state index contributed by atoms with van der Waals surface area (Å²) in [5.41, 5.74) is 2.82. The first-order valence-corrected chi connectivity index (χ1v) is 6.51. The van der Waals surface area contributed by atoms with Gasteiger partial charge in [-0.05, 0) is 28.1 Å². The normalized spacial score (nSPS) is 11.1. The van der Waals surface area contributed by atoms with Crippen LogP contribution in [0.2, 0.25) is 0 Å². The molecule has 7 nitrogen and oxygen atoms in total. The van der Waals surface area contributed by atoms with E-state index in [-0.39, 0.29) is 12.1 Å². The van der Waals surface area contributed by atoms with Crippen molar-refractivity contribution in [2.45, 2.75) is 6.42 Å². The number of carboxylic acid groups (broad SMARTS) is 1. The van der Waals surface area contributed by atoms with Gasteiger partial charge in [-0.15, -0.1) is 0 Å². The molecule has 102 valence electrons. The lowest BCUT2D eigenvalue weighted by atomic mass is 10.1. The fourth-order valence-electron chi connectivity index (χ4n) is 2.08. The first-order chi connectivity index (χ1) is 9.52. The summed E-state index contributed by atoms with van der Waals surface area (Å²) in [7, 11) is 0. The third-order valence-electron chi connectivity index (χ3n) is 2.87. The van der Waals surface area contributed by atoms with Gasteiger partial charge in [0.05, 0.1) is 28.8 Å². The summed E-state index contributed by atoms with van der Waals surface area (Å²) < 4.78 is 0.464. The van der Waals surface area contributed by atoms with Gasteiger partial charge in [-0.1, -0.05) is 6.07 Å². The maximum Gasteiger partial charge on any atom is 0.323 e. The number of nitrogens with zero attached hydrogens (tertiary/aromatic N) is 1. The van der Waals surface area contributed by atoms with E-state index in [0.717, 1.165) is 5.56 Å². The largest absolute Gasteiger partial charge is 0.481 e. The number of carboxylic acids is 1. The Morgan fingerprint density at radius 3 is 2.75 bits per heavy atom. The average Bonchev–Trinajstić information content (AvgIpc) is 2.89. The molecule has 0 saturated carbocycles. The van der Waals surface area contributed by atoms with Crippen LogP contribution in [0.4, 0.5) is 0 Å². The van der Waals surface area contributed by atoms with Crippen molar-refractivity contribution in [2.24, 2.45) is 0 Å². The number of hydrogen-bond donors (Lipinski definition) is 4. The Kier molecular flexibility index (Phi) is 2.94. The molecule has 4 N–H and O–H groups in total. The maximum atomic E-state index is 11.2. The Bertz CT molecular complexity index is 861. The van der Waals surface area contributed by atoms with Crippen molar-refractivity contribution in [3.8, 4) is 11.3 Å². The van der Waals surface area contributed by atoms with E-state index in [0.29, 0.717) is 27.2 Å². The van der Waals surface area contributed by atoms with Crippen molar-refractivity contribution in [1.82, 2.24) is 19.9 Å². The maximum absolute atomic E-state index is 11.2. The van der Waals surface area contributed by atoms with Crippen LogP contribution in [0.25, 0.3) is 22.3 Å². The van der Waals surface area contributed by atoms with Crippen LogP contribution in [0.1, 0.15) is 5.69 Å². The van der Waals surface area contributed by atoms with E-state index in [1.165, 1.54) is 0 Å². The van der Waals surface area contributed by atoms with Gasteiger partial charge in [-0.25, -0.2) is 9.78 Å². The van der Waals surface area contributed by atoms with Crippen molar-refractivity contribution >= 4 is 32.9 Å². The Morgan fingerprint density at radius 2 is 2.00 bits per heavy atom. The number of nitrogens with one attached hydrogen (secondary N) is 3. The lowest BCUT2D eigenvalue weighted by molar-refractivity contribution is -0.136. The van der Waals surface area contributed by atoms with E-state index in [2.05, 4.69) is 35.9 Å². The minimum Gasteiger partial charge on any atom is -0.481 e. The minimum absolute atomic E-state index is 0.157. The highest BCUT2D eigenvalue weighted by Crippen LogP contribution is 2.26. The van der Waals surface area contributed by atoms with Gasteiger partial charge in [0.25, 0.3) is 0 Å². The first kappa shape index (κ1) is 12.7. The predicted octanol–water partition coefficient (Wildman–Crippen LogP) is 1.64. The number of carbonyl (C=O) groups is 1. The van der Waals surface area contributed by atoms with Crippen LogP contribution in [0, 0.1) is 0 Å². The molecular formula is C12H9BrN4O3. The van der Waals surface area contributed by atoms with Gasteiger partial charge in [0.2, 0.25) is 0 Å². The highest BCUT2D eigenvalue weighted by molar-refractivity contribution is 9.10. The van der Waals surface area contributed by atoms with Gasteiger partial charge >= 0.3 is 11.7 Å². The standard InChI is InChI=1S/C12H9BrN4O3/c13-11-14-8(4-9(18)19)10(17-11)5-1-2-6-7(3-5)16-12(20)15-6/h1-3H,4H2,(H,14,17)(H,18,19)(H2,15,16,20). The molecule has 8 heteroatoms. The fourth-order valence-corrected chi connectivity index (χ4v) is 2.49.